The van der Waals surface area contributed by atoms with Crippen LogP contribution in [0.5, 0.6) is 0 Å². The predicted octanol–water partition coefficient (Wildman–Crippen LogP) is 4.73. The van der Waals surface area contributed by atoms with E-state index < -0.39 is 0 Å². The highest BCUT2D eigenvalue weighted by Crippen LogP contribution is 2.49. The molecule has 1 aromatic carbocycles. The van der Waals surface area contributed by atoms with E-state index in [0.29, 0.717) is 36.2 Å². The number of halogens is 2. The number of hydrogen-bond donors (Lipinski definition) is 2. The minimum absolute atomic E-state index is 0. The molecule has 1 heterocycles. The Kier molecular flexibility index (Phi) is 9.23. The molecule has 1 atom stereocenters. The van der Waals surface area contributed by atoms with Crippen LogP contribution in [0.25, 0.3) is 0 Å². The van der Waals surface area contributed by atoms with E-state index in [4.69, 9.17) is 9.73 Å². The molecule has 31 heavy (non-hydrogen) atoms. The molecule has 1 aromatic heterocycles. The second kappa shape index (κ2) is 11.2. The lowest BCUT2D eigenvalue weighted by Crippen LogP contribution is -2.39. The number of rotatable bonds is 8. The second-order valence-corrected chi connectivity index (χ2v) is 8.54. The van der Waals surface area contributed by atoms with Crippen LogP contribution in [0.1, 0.15) is 65.6 Å². The van der Waals surface area contributed by atoms with Crippen molar-refractivity contribution < 1.29 is 13.9 Å². The number of benzene rings is 1. The highest BCUT2D eigenvalue weighted by Gasteiger charge is 2.45. The molecule has 1 fully saturated rings. The Labute approximate surface area is 204 Å². The van der Waals surface area contributed by atoms with Gasteiger partial charge in [-0.1, -0.05) is 18.2 Å². The number of esters is 1. The fourth-order valence-electron chi connectivity index (χ4n) is 3.36. The number of carbonyl (C=O) groups excluding carboxylic acids is 1. The van der Waals surface area contributed by atoms with Gasteiger partial charge in [0.05, 0.1) is 24.9 Å². The van der Waals surface area contributed by atoms with Crippen molar-refractivity contribution in [3.63, 3.8) is 0 Å². The molecule has 170 valence electrons. The number of thiazole rings is 1. The van der Waals surface area contributed by atoms with E-state index in [1.807, 2.05) is 32.9 Å². The Bertz CT molecular complexity index is 930. The van der Waals surface area contributed by atoms with Gasteiger partial charge in [-0.15, -0.1) is 35.3 Å². The highest BCUT2D eigenvalue weighted by molar-refractivity contribution is 14.0. The zero-order chi connectivity index (χ0) is 21.7. The van der Waals surface area contributed by atoms with Crippen LogP contribution in [-0.2, 0) is 10.2 Å². The second-order valence-electron chi connectivity index (χ2n) is 7.51. The van der Waals surface area contributed by atoms with E-state index in [0.717, 1.165) is 23.4 Å². The molecular weight excluding hydrogens is 530 g/mol. The molecule has 0 saturated heterocycles. The zero-order valence-corrected chi connectivity index (χ0v) is 21.5. The van der Waals surface area contributed by atoms with Crippen LogP contribution in [0.2, 0.25) is 0 Å². The summed E-state index contributed by atoms with van der Waals surface area (Å²) in [5.41, 5.74) is 1.19. The van der Waals surface area contributed by atoms with Crippen LogP contribution in [0.3, 0.4) is 0 Å². The normalized spacial score (nSPS) is 15.6. The molecule has 1 aliphatic carbocycles. The standard InChI is InChI=1S/C22H29FN4O2S.HI/c1-5-24-21(25-13-22(11-12-22)16-9-7-8-10-17(16)23)27-15(4)19-26-14(3)18(30-19)20(28)29-6-2;/h7-10,15H,5-6,11-13H2,1-4H3,(H2,24,25,27);1H. The first-order valence-electron chi connectivity index (χ1n) is 10.3. The molecule has 1 unspecified atom stereocenters. The van der Waals surface area contributed by atoms with Crippen molar-refractivity contribution in [3.8, 4) is 0 Å². The van der Waals surface area contributed by atoms with Crippen LogP contribution >= 0.6 is 35.3 Å². The van der Waals surface area contributed by atoms with E-state index in [2.05, 4.69) is 15.6 Å². The van der Waals surface area contributed by atoms with Crippen molar-refractivity contribution in [2.75, 3.05) is 19.7 Å². The number of aliphatic imine (C=N–C) groups is 1. The van der Waals surface area contributed by atoms with Crippen molar-refractivity contribution >= 4 is 47.2 Å². The third kappa shape index (κ3) is 6.15. The number of guanidine groups is 1. The van der Waals surface area contributed by atoms with Gasteiger partial charge in [-0.2, -0.15) is 0 Å². The lowest BCUT2D eigenvalue weighted by atomic mass is 9.95. The van der Waals surface area contributed by atoms with Crippen LogP contribution < -0.4 is 10.6 Å². The van der Waals surface area contributed by atoms with Gasteiger partial charge in [-0.3, -0.25) is 4.99 Å². The molecule has 6 nitrogen and oxygen atoms in total. The van der Waals surface area contributed by atoms with Gasteiger partial charge in [0.1, 0.15) is 15.7 Å². The van der Waals surface area contributed by atoms with E-state index in [9.17, 15) is 9.18 Å². The Hall–Kier alpha value is -1.75. The van der Waals surface area contributed by atoms with Crippen LogP contribution in [0, 0.1) is 12.7 Å². The van der Waals surface area contributed by atoms with Crippen molar-refractivity contribution in [2.24, 2.45) is 4.99 Å². The third-order valence-corrected chi connectivity index (χ3v) is 6.50. The van der Waals surface area contributed by atoms with Crippen LogP contribution in [0.4, 0.5) is 4.39 Å². The summed E-state index contributed by atoms with van der Waals surface area (Å²) in [5, 5.41) is 7.39. The third-order valence-electron chi connectivity index (χ3n) is 5.18. The molecule has 2 N–H and O–H groups in total. The average molecular weight is 560 g/mol. The fourth-order valence-corrected chi connectivity index (χ4v) is 4.32. The van der Waals surface area contributed by atoms with Gasteiger partial charge >= 0.3 is 5.97 Å². The lowest BCUT2D eigenvalue weighted by Gasteiger charge is -2.18. The number of aromatic nitrogens is 1. The topological polar surface area (TPSA) is 75.6 Å². The molecule has 0 spiro atoms. The quantitative estimate of drug-likeness (QED) is 0.211. The van der Waals surface area contributed by atoms with E-state index in [-0.39, 0.29) is 47.2 Å². The van der Waals surface area contributed by atoms with Gasteiger partial charge in [-0.05, 0) is 52.2 Å². The summed E-state index contributed by atoms with van der Waals surface area (Å²) in [7, 11) is 0. The van der Waals surface area contributed by atoms with Gasteiger partial charge in [-0.25, -0.2) is 14.2 Å². The number of hydrogen-bond acceptors (Lipinski definition) is 5. The maximum absolute atomic E-state index is 14.3. The van der Waals surface area contributed by atoms with Gasteiger partial charge in [0.15, 0.2) is 5.96 Å². The summed E-state index contributed by atoms with van der Waals surface area (Å²) in [6, 6.07) is 6.82. The number of nitrogens with one attached hydrogen (secondary N) is 2. The van der Waals surface area contributed by atoms with Crippen molar-refractivity contribution in [3.05, 3.63) is 51.2 Å². The average Bonchev–Trinajstić information content (AvgIpc) is 3.40. The summed E-state index contributed by atoms with van der Waals surface area (Å²) in [4.78, 5) is 21.9. The summed E-state index contributed by atoms with van der Waals surface area (Å²) in [6.07, 6.45) is 1.86. The molecule has 2 aromatic rings. The van der Waals surface area contributed by atoms with Crippen LogP contribution in [0.15, 0.2) is 29.3 Å². The SMILES string of the molecule is CCNC(=NCC1(c2ccccc2F)CC1)NC(C)c1nc(C)c(C(=O)OCC)s1.I. The minimum Gasteiger partial charge on any atom is -0.462 e. The lowest BCUT2D eigenvalue weighted by molar-refractivity contribution is 0.0531. The molecule has 0 bridgehead atoms. The van der Waals surface area contributed by atoms with Crippen LogP contribution in [-0.4, -0.2) is 36.6 Å². The van der Waals surface area contributed by atoms with E-state index in [1.54, 1.807) is 13.0 Å². The molecule has 0 amide bonds. The van der Waals surface area contributed by atoms with Gasteiger partial charge in [0, 0.05) is 12.0 Å². The summed E-state index contributed by atoms with van der Waals surface area (Å²) >= 11 is 1.33. The number of nitrogens with zero attached hydrogens (tertiary/aromatic N) is 2. The van der Waals surface area contributed by atoms with Gasteiger partial charge in [0.2, 0.25) is 0 Å². The summed E-state index contributed by atoms with van der Waals surface area (Å²) < 4.78 is 19.4. The zero-order valence-electron chi connectivity index (χ0n) is 18.3. The Morgan fingerprint density at radius 1 is 1.35 bits per heavy atom. The van der Waals surface area contributed by atoms with Crippen molar-refractivity contribution in [1.82, 2.24) is 15.6 Å². The smallest absolute Gasteiger partial charge is 0.350 e. The maximum Gasteiger partial charge on any atom is 0.350 e. The molecule has 0 aliphatic heterocycles. The number of carbonyl (C=O) groups is 1. The maximum atomic E-state index is 14.3. The molecule has 3 rings (SSSR count). The highest BCUT2D eigenvalue weighted by atomic mass is 127. The predicted molar refractivity (Wildman–Crippen MR) is 133 cm³/mol. The first-order valence-corrected chi connectivity index (χ1v) is 11.2. The summed E-state index contributed by atoms with van der Waals surface area (Å²) in [5.74, 6) is 0.145. The Balaban J connectivity index is 0.00000341. The largest absolute Gasteiger partial charge is 0.462 e. The first kappa shape index (κ1) is 25.5. The minimum atomic E-state index is -0.341. The van der Waals surface area contributed by atoms with Crippen molar-refractivity contribution in [1.29, 1.82) is 0 Å². The molecular formula is C22H30FIN4O2S. The molecule has 1 aliphatic rings. The van der Waals surface area contributed by atoms with Crippen molar-refractivity contribution in [2.45, 2.75) is 52.0 Å². The molecule has 0 radical (unpaired) electrons. The molecule has 9 heteroatoms. The number of ether oxygens (including phenoxy) is 1. The summed E-state index contributed by atoms with van der Waals surface area (Å²) in [6.45, 7) is 9.12. The first-order chi connectivity index (χ1) is 14.4. The molecule has 1 saturated carbocycles. The fraction of sp³-hybridized carbons (Fsp3) is 0.500. The monoisotopic (exact) mass is 560 g/mol. The van der Waals surface area contributed by atoms with Gasteiger partial charge in [0.25, 0.3) is 0 Å². The van der Waals surface area contributed by atoms with E-state index in [1.165, 1.54) is 17.4 Å². The Morgan fingerprint density at radius 2 is 2.06 bits per heavy atom. The Morgan fingerprint density at radius 3 is 2.68 bits per heavy atom. The van der Waals surface area contributed by atoms with Gasteiger partial charge < -0.3 is 15.4 Å². The van der Waals surface area contributed by atoms with E-state index >= 15 is 0 Å². The number of aryl methyl sites for hydroxylation is 1.